The predicted octanol–water partition coefficient (Wildman–Crippen LogP) is 1.63. The normalized spacial score (nSPS) is 28.3. The lowest BCUT2D eigenvalue weighted by molar-refractivity contribution is -0.196. The van der Waals surface area contributed by atoms with Gasteiger partial charge in [-0.3, -0.25) is 19.2 Å². The van der Waals surface area contributed by atoms with Crippen LogP contribution in [0.5, 0.6) is 0 Å². The predicted molar refractivity (Wildman–Crippen MR) is 117 cm³/mol. The van der Waals surface area contributed by atoms with E-state index in [1.54, 1.807) is 19.2 Å². The zero-order valence-electron chi connectivity index (χ0n) is 20.4. The zero-order chi connectivity index (χ0) is 27.7. The minimum absolute atomic E-state index is 0.0587. The van der Waals surface area contributed by atoms with Crippen molar-refractivity contribution in [3.05, 3.63) is 0 Å². The summed E-state index contributed by atoms with van der Waals surface area (Å²) in [6.07, 6.45) is -5.87. The van der Waals surface area contributed by atoms with Crippen molar-refractivity contribution >= 4 is 23.6 Å². The fourth-order valence-electron chi connectivity index (χ4n) is 5.49. The van der Waals surface area contributed by atoms with E-state index in [2.05, 4.69) is 10.6 Å². The summed E-state index contributed by atoms with van der Waals surface area (Å²) in [6, 6.07) is -3.94. The van der Waals surface area contributed by atoms with E-state index in [4.69, 9.17) is 0 Å². The summed E-state index contributed by atoms with van der Waals surface area (Å²) < 4.78 is 68.5. The van der Waals surface area contributed by atoms with Crippen LogP contribution < -0.4 is 16.0 Å². The van der Waals surface area contributed by atoms with Crippen molar-refractivity contribution < 1.29 is 41.1 Å². The van der Waals surface area contributed by atoms with Crippen LogP contribution in [-0.4, -0.2) is 71.3 Å². The van der Waals surface area contributed by atoms with Crippen molar-refractivity contribution in [2.75, 3.05) is 6.54 Å². The SMILES string of the molecule is CC(C)C[C@@H](NC(=O)C(F)(F)F)C(=O)N1[C@@H]2CC[C@H]([C@H]1C(=O)N[C@@H](C#N)C[C@H]1CCNC1=O)C(F)(F)C2. The number of halogens is 5. The average molecular weight is 536 g/mol. The monoisotopic (exact) mass is 535 g/mol. The Morgan fingerprint density at radius 3 is 2.38 bits per heavy atom. The summed E-state index contributed by atoms with van der Waals surface area (Å²) in [5, 5.41) is 16.1. The lowest BCUT2D eigenvalue weighted by Gasteiger charge is -2.54. The van der Waals surface area contributed by atoms with Gasteiger partial charge in [0.1, 0.15) is 18.1 Å². The summed E-state index contributed by atoms with van der Waals surface area (Å²) in [7, 11) is 0. The molecule has 1 saturated carbocycles. The molecule has 3 aliphatic heterocycles. The minimum Gasteiger partial charge on any atom is -0.356 e. The van der Waals surface area contributed by atoms with Crippen molar-refractivity contribution in [3.63, 3.8) is 0 Å². The number of rotatable bonds is 8. The topological polar surface area (TPSA) is 131 Å². The van der Waals surface area contributed by atoms with Gasteiger partial charge >= 0.3 is 12.1 Å². The Bertz CT molecular complexity index is 966. The Balaban J connectivity index is 1.87. The molecule has 4 amide bonds. The lowest BCUT2D eigenvalue weighted by Crippen LogP contribution is -2.71. The van der Waals surface area contributed by atoms with E-state index in [0.29, 0.717) is 13.0 Å². The second kappa shape index (κ2) is 10.8. The van der Waals surface area contributed by atoms with Gasteiger partial charge in [0.2, 0.25) is 17.7 Å². The van der Waals surface area contributed by atoms with Crippen molar-refractivity contribution in [1.82, 2.24) is 20.9 Å². The molecule has 2 bridgehead atoms. The summed E-state index contributed by atoms with van der Waals surface area (Å²) in [5.41, 5.74) is 0. The second-order valence-corrected chi connectivity index (χ2v) is 10.3. The number of nitriles is 1. The Labute approximate surface area is 210 Å². The maximum atomic E-state index is 14.9. The number of amides is 4. The number of nitrogens with zero attached hydrogens (tertiary/aromatic N) is 2. The summed E-state index contributed by atoms with van der Waals surface area (Å²) in [6.45, 7) is 3.62. The standard InChI is InChI=1S/C23H30F5N5O4/c1-11(2)7-16(32-21(37)23(26,27)28)20(36)33-14-3-4-15(22(24,25)9-14)17(33)19(35)31-13(10-29)8-12-5-6-30-18(12)34/h11-17H,3-9H2,1-2H3,(H,30,34)(H,31,35)(H,32,37)/t12-,13-,14-,15-,16-,17+/m1/s1. The molecule has 1 aliphatic carbocycles. The maximum Gasteiger partial charge on any atom is 0.471 e. The van der Waals surface area contributed by atoms with Gasteiger partial charge in [-0.1, -0.05) is 13.8 Å². The fourth-order valence-corrected chi connectivity index (χ4v) is 5.49. The molecule has 0 radical (unpaired) electrons. The number of fused-ring (bicyclic) bond motifs is 3. The summed E-state index contributed by atoms with van der Waals surface area (Å²) in [4.78, 5) is 51.1. The molecule has 0 unspecified atom stereocenters. The lowest BCUT2D eigenvalue weighted by atomic mass is 9.71. The van der Waals surface area contributed by atoms with E-state index in [1.807, 2.05) is 6.07 Å². The Hall–Kier alpha value is -2.98. The molecule has 3 saturated heterocycles. The molecule has 0 spiro atoms. The quantitative estimate of drug-likeness (QED) is 0.407. The first-order valence-corrected chi connectivity index (χ1v) is 12.2. The number of alkyl halides is 5. The van der Waals surface area contributed by atoms with Crippen LogP contribution in [-0.2, 0) is 19.2 Å². The van der Waals surface area contributed by atoms with E-state index in [-0.39, 0.29) is 37.5 Å². The molecular formula is C23H30F5N5O4. The van der Waals surface area contributed by atoms with Crippen LogP contribution in [0.15, 0.2) is 0 Å². The van der Waals surface area contributed by atoms with Crippen LogP contribution in [0.25, 0.3) is 0 Å². The van der Waals surface area contributed by atoms with Crippen molar-refractivity contribution in [2.45, 2.75) is 88.6 Å². The number of nitrogens with one attached hydrogen (secondary N) is 3. The van der Waals surface area contributed by atoms with E-state index < -0.39 is 72.2 Å². The van der Waals surface area contributed by atoms with Crippen LogP contribution in [0.3, 0.4) is 0 Å². The molecule has 0 aromatic carbocycles. The largest absolute Gasteiger partial charge is 0.471 e. The molecular weight excluding hydrogens is 505 g/mol. The Morgan fingerprint density at radius 2 is 1.86 bits per heavy atom. The van der Waals surface area contributed by atoms with Crippen LogP contribution in [0.1, 0.15) is 52.4 Å². The van der Waals surface area contributed by atoms with E-state index in [1.165, 1.54) is 0 Å². The molecule has 0 aromatic heterocycles. The highest BCUT2D eigenvalue weighted by atomic mass is 19.4. The highest BCUT2D eigenvalue weighted by Gasteiger charge is 2.61. The molecule has 4 fully saturated rings. The molecule has 3 N–H and O–H groups in total. The number of piperidine rings is 2. The van der Waals surface area contributed by atoms with E-state index in [9.17, 15) is 46.4 Å². The van der Waals surface area contributed by atoms with Crippen LogP contribution in [0.4, 0.5) is 22.0 Å². The third kappa shape index (κ3) is 6.30. The van der Waals surface area contributed by atoms with Gasteiger partial charge in [-0.25, -0.2) is 8.78 Å². The Morgan fingerprint density at radius 1 is 1.19 bits per heavy atom. The minimum atomic E-state index is -5.27. The molecule has 4 aliphatic rings. The summed E-state index contributed by atoms with van der Waals surface area (Å²) >= 11 is 0. The number of carbonyl (C=O) groups excluding carboxylic acids is 4. The van der Waals surface area contributed by atoms with E-state index >= 15 is 0 Å². The van der Waals surface area contributed by atoms with Gasteiger partial charge in [0.15, 0.2) is 0 Å². The highest BCUT2D eigenvalue weighted by Crippen LogP contribution is 2.49. The van der Waals surface area contributed by atoms with Crippen molar-refractivity contribution in [3.8, 4) is 6.07 Å². The maximum absolute atomic E-state index is 14.9. The molecule has 14 heteroatoms. The molecule has 206 valence electrons. The van der Waals surface area contributed by atoms with Gasteiger partial charge in [0, 0.05) is 24.9 Å². The average Bonchev–Trinajstić information content (AvgIpc) is 3.19. The molecule has 4 rings (SSSR count). The van der Waals surface area contributed by atoms with Crippen LogP contribution in [0, 0.1) is 29.1 Å². The first-order chi connectivity index (χ1) is 17.2. The van der Waals surface area contributed by atoms with Crippen molar-refractivity contribution in [1.29, 1.82) is 5.26 Å². The van der Waals surface area contributed by atoms with Gasteiger partial charge in [0.25, 0.3) is 5.92 Å². The van der Waals surface area contributed by atoms with Gasteiger partial charge in [-0.2, -0.15) is 18.4 Å². The number of carbonyl (C=O) groups is 4. The smallest absolute Gasteiger partial charge is 0.356 e. The van der Waals surface area contributed by atoms with Gasteiger partial charge in [-0.05, 0) is 38.0 Å². The first kappa shape index (κ1) is 28.6. The van der Waals surface area contributed by atoms with Gasteiger partial charge in [0.05, 0.1) is 12.0 Å². The molecule has 9 nitrogen and oxygen atoms in total. The molecule has 37 heavy (non-hydrogen) atoms. The third-order valence-electron chi connectivity index (χ3n) is 7.18. The fraction of sp³-hybridized carbons (Fsp3) is 0.783. The second-order valence-electron chi connectivity index (χ2n) is 10.3. The Kier molecular flexibility index (Phi) is 8.34. The van der Waals surface area contributed by atoms with Crippen LogP contribution >= 0.6 is 0 Å². The molecule has 6 atom stereocenters. The zero-order valence-corrected chi connectivity index (χ0v) is 20.4. The van der Waals surface area contributed by atoms with Crippen LogP contribution in [0.2, 0.25) is 0 Å². The van der Waals surface area contributed by atoms with Gasteiger partial charge in [-0.15, -0.1) is 0 Å². The first-order valence-electron chi connectivity index (χ1n) is 12.2. The third-order valence-corrected chi connectivity index (χ3v) is 7.18. The summed E-state index contributed by atoms with van der Waals surface area (Å²) in [5.74, 6) is -10.6. The molecule has 3 heterocycles. The number of hydrogen-bond donors (Lipinski definition) is 3. The van der Waals surface area contributed by atoms with Gasteiger partial charge < -0.3 is 20.9 Å². The number of hydrogen-bond acceptors (Lipinski definition) is 5. The molecule has 0 aromatic rings. The van der Waals surface area contributed by atoms with E-state index in [0.717, 1.165) is 4.90 Å². The van der Waals surface area contributed by atoms with Crippen molar-refractivity contribution in [2.24, 2.45) is 17.8 Å². The highest BCUT2D eigenvalue weighted by molar-refractivity contribution is 5.94.